The van der Waals surface area contributed by atoms with Crippen molar-refractivity contribution in [3.63, 3.8) is 0 Å². The van der Waals surface area contributed by atoms with Crippen LogP contribution in [0.1, 0.15) is 21.8 Å². The number of rotatable bonds is 2. The van der Waals surface area contributed by atoms with Gasteiger partial charge in [-0.05, 0) is 17.7 Å². The summed E-state index contributed by atoms with van der Waals surface area (Å²) in [4.78, 5) is 24.8. The van der Waals surface area contributed by atoms with E-state index in [0.717, 1.165) is 5.56 Å². The fourth-order valence-electron chi connectivity index (χ4n) is 2.57. The van der Waals surface area contributed by atoms with Gasteiger partial charge in [0, 0.05) is 0 Å². The highest BCUT2D eigenvalue weighted by atomic mass is 16.6. The number of esters is 1. The molecular formula is C17H14O4. The number of hydrogen-bond donors (Lipinski definition) is 0. The molecule has 3 rings (SSSR count). The van der Waals surface area contributed by atoms with Crippen LogP contribution in [0.5, 0.6) is 5.75 Å². The van der Waals surface area contributed by atoms with E-state index in [9.17, 15) is 9.59 Å². The summed E-state index contributed by atoms with van der Waals surface area (Å²) in [6.45, 7) is 0. The first-order chi connectivity index (χ1) is 10.2. The fourth-order valence-corrected chi connectivity index (χ4v) is 2.57. The zero-order chi connectivity index (χ0) is 14.8. The van der Waals surface area contributed by atoms with Crippen LogP contribution in [-0.2, 0) is 9.53 Å². The van der Waals surface area contributed by atoms with E-state index in [0.29, 0.717) is 11.3 Å². The summed E-state index contributed by atoms with van der Waals surface area (Å²) in [5.41, 5.74) is 1.24. The van der Waals surface area contributed by atoms with Crippen molar-refractivity contribution in [3.8, 4) is 5.75 Å². The first-order valence-corrected chi connectivity index (χ1v) is 6.65. The number of fused-ring (bicyclic) bond motifs is 1. The van der Waals surface area contributed by atoms with E-state index in [-0.39, 0.29) is 5.78 Å². The number of carbonyl (C=O) groups excluding carboxylic acids is 2. The molecule has 0 radical (unpaired) electrons. The molecule has 0 aliphatic carbocycles. The summed E-state index contributed by atoms with van der Waals surface area (Å²) in [6.07, 6.45) is -0.959. The predicted molar refractivity (Wildman–Crippen MR) is 76.4 cm³/mol. The number of para-hydroxylation sites is 1. The summed E-state index contributed by atoms with van der Waals surface area (Å²) in [7, 11) is 1.29. The lowest BCUT2D eigenvalue weighted by molar-refractivity contribution is -0.149. The number of hydrogen-bond acceptors (Lipinski definition) is 4. The summed E-state index contributed by atoms with van der Waals surface area (Å²) >= 11 is 0. The molecule has 0 aromatic heterocycles. The maximum Gasteiger partial charge on any atom is 0.348 e. The summed E-state index contributed by atoms with van der Waals surface area (Å²) in [5, 5.41) is 0. The van der Waals surface area contributed by atoms with Crippen LogP contribution in [0.15, 0.2) is 54.6 Å². The van der Waals surface area contributed by atoms with Crippen molar-refractivity contribution in [2.24, 2.45) is 0 Å². The maximum atomic E-state index is 12.8. The van der Waals surface area contributed by atoms with Crippen molar-refractivity contribution in [2.45, 2.75) is 12.0 Å². The van der Waals surface area contributed by atoms with Gasteiger partial charge in [0.1, 0.15) is 5.75 Å². The quantitative estimate of drug-likeness (QED) is 0.794. The van der Waals surface area contributed by atoms with Gasteiger partial charge in [-0.3, -0.25) is 4.79 Å². The highest BCUT2D eigenvalue weighted by Crippen LogP contribution is 2.36. The van der Waals surface area contributed by atoms with Crippen molar-refractivity contribution < 1.29 is 19.1 Å². The SMILES string of the molecule is COC(=O)[C@@H]1Oc2ccccc2C(=O)[C@H]1c1ccccc1. The largest absolute Gasteiger partial charge is 0.477 e. The van der Waals surface area contributed by atoms with E-state index in [4.69, 9.17) is 9.47 Å². The van der Waals surface area contributed by atoms with Gasteiger partial charge >= 0.3 is 5.97 Å². The Morgan fingerprint density at radius 3 is 2.43 bits per heavy atom. The lowest BCUT2D eigenvalue weighted by Gasteiger charge is -2.30. The molecule has 0 fully saturated rings. The molecule has 4 nitrogen and oxygen atoms in total. The van der Waals surface area contributed by atoms with Gasteiger partial charge in [-0.1, -0.05) is 42.5 Å². The molecule has 1 heterocycles. The van der Waals surface area contributed by atoms with E-state index >= 15 is 0 Å². The highest BCUT2D eigenvalue weighted by Gasteiger charge is 2.42. The Bertz CT molecular complexity index is 678. The molecule has 2 atom stereocenters. The molecule has 1 aliphatic rings. The Kier molecular flexibility index (Phi) is 3.44. The topological polar surface area (TPSA) is 52.6 Å². The molecule has 0 bridgehead atoms. The molecule has 2 aromatic carbocycles. The second-order valence-electron chi connectivity index (χ2n) is 4.81. The van der Waals surface area contributed by atoms with Gasteiger partial charge in [0.15, 0.2) is 5.78 Å². The zero-order valence-corrected chi connectivity index (χ0v) is 11.5. The van der Waals surface area contributed by atoms with Crippen LogP contribution in [0, 0.1) is 0 Å². The van der Waals surface area contributed by atoms with E-state index in [1.165, 1.54) is 7.11 Å². The van der Waals surface area contributed by atoms with Gasteiger partial charge < -0.3 is 9.47 Å². The molecule has 1 aliphatic heterocycles. The van der Waals surface area contributed by atoms with Crippen molar-refractivity contribution in [1.29, 1.82) is 0 Å². The number of ether oxygens (including phenoxy) is 2. The Labute approximate surface area is 122 Å². The Hall–Kier alpha value is -2.62. The van der Waals surface area contributed by atoms with Crippen molar-refractivity contribution >= 4 is 11.8 Å². The molecule has 0 spiro atoms. The minimum atomic E-state index is -0.959. The van der Waals surface area contributed by atoms with Gasteiger partial charge in [-0.25, -0.2) is 4.79 Å². The van der Waals surface area contributed by atoms with Gasteiger partial charge in [-0.2, -0.15) is 0 Å². The average molecular weight is 282 g/mol. The third-order valence-corrected chi connectivity index (χ3v) is 3.58. The minimum absolute atomic E-state index is 0.126. The zero-order valence-electron chi connectivity index (χ0n) is 11.5. The van der Waals surface area contributed by atoms with Crippen LogP contribution >= 0.6 is 0 Å². The third kappa shape index (κ3) is 2.29. The van der Waals surface area contributed by atoms with E-state index in [1.807, 2.05) is 30.3 Å². The van der Waals surface area contributed by atoms with Crippen LogP contribution in [0.4, 0.5) is 0 Å². The Balaban J connectivity index is 2.10. The van der Waals surface area contributed by atoms with Crippen molar-refractivity contribution in [2.75, 3.05) is 7.11 Å². The first kappa shape index (κ1) is 13.4. The Morgan fingerprint density at radius 1 is 1.05 bits per heavy atom. The van der Waals surface area contributed by atoms with Crippen LogP contribution in [0.25, 0.3) is 0 Å². The van der Waals surface area contributed by atoms with Gasteiger partial charge in [-0.15, -0.1) is 0 Å². The smallest absolute Gasteiger partial charge is 0.348 e. The average Bonchev–Trinajstić information content (AvgIpc) is 2.55. The first-order valence-electron chi connectivity index (χ1n) is 6.65. The van der Waals surface area contributed by atoms with Crippen molar-refractivity contribution in [3.05, 3.63) is 65.7 Å². The maximum absolute atomic E-state index is 12.8. The molecule has 4 heteroatoms. The summed E-state index contributed by atoms with van der Waals surface area (Å²) in [5.74, 6) is -0.941. The number of Topliss-reactive ketones (excluding diaryl/α,β-unsaturated/α-hetero) is 1. The second kappa shape index (κ2) is 5.40. The number of carbonyl (C=O) groups is 2. The molecule has 2 aromatic rings. The minimum Gasteiger partial charge on any atom is -0.477 e. The third-order valence-electron chi connectivity index (χ3n) is 3.58. The van der Waals surface area contributed by atoms with Crippen LogP contribution < -0.4 is 4.74 Å². The molecule has 0 N–H and O–H groups in total. The number of benzene rings is 2. The second-order valence-corrected chi connectivity index (χ2v) is 4.81. The molecular weight excluding hydrogens is 268 g/mol. The van der Waals surface area contributed by atoms with Crippen LogP contribution in [-0.4, -0.2) is 25.0 Å². The summed E-state index contributed by atoms with van der Waals surface area (Å²) < 4.78 is 10.5. The molecule has 0 amide bonds. The van der Waals surface area contributed by atoms with E-state index < -0.39 is 18.0 Å². The Morgan fingerprint density at radius 2 is 1.71 bits per heavy atom. The standard InChI is InChI=1S/C17H14O4/c1-20-17(19)16-14(11-7-3-2-4-8-11)15(18)12-9-5-6-10-13(12)21-16/h2-10,14,16H,1H3/t14-,16-/m1/s1. The van der Waals surface area contributed by atoms with Crippen LogP contribution in [0.2, 0.25) is 0 Å². The fraction of sp³-hybridized carbons (Fsp3) is 0.176. The number of methoxy groups -OCH3 is 1. The molecule has 0 unspecified atom stereocenters. The van der Waals surface area contributed by atoms with Crippen LogP contribution in [0.3, 0.4) is 0 Å². The van der Waals surface area contributed by atoms with Crippen molar-refractivity contribution in [1.82, 2.24) is 0 Å². The lowest BCUT2D eigenvalue weighted by Crippen LogP contribution is -2.42. The van der Waals surface area contributed by atoms with Gasteiger partial charge in [0.25, 0.3) is 0 Å². The molecule has 0 saturated heterocycles. The predicted octanol–water partition coefficient (Wildman–Crippen LogP) is 2.59. The van der Waals surface area contributed by atoms with Gasteiger partial charge in [0.2, 0.25) is 6.10 Å². The van der Waals surface area contributed by atoms with Gasteiger partial charge in [0.05, 0.1) is 18.6 Å². The number of ketones is 1. The lowest BCUT2D eigenvalue weighted by atomic mass is 9.84. The molecule has 0 saturated carbocycles. The normalized spacial score (nSPS) is 20.3. The molecule has 106 valence electrons. The van der Waals surface area contributed by atoms with E-state index in [1.54, 1.807) is 24.3 Å². The monoisotopic (exact) mass is 282 g/mol. The van der Waals surface area contributed by atoms with E-state index in [2.05, 4.69) is 0 Å². The highest BCUT2D eigenvalue weighted by molar-refractivity contribution is 6.07. The summed E-state index contributed by atoms with van der Waals surface area (Å²) in [6, 6.07) is 16.1. The molecule has 21 heavy (non-hydrogen) atoms.